The Hall–Kier alpha value is -3.51. The smallest absolute Gasteiger partial charge is 0.388 e. The molecule has 36 heavy (non-hydrogen) atoms. The van der Waals surface area contributed by atoms with E-state index < -0.39 is 24.4 Å². The standard InChI is InChI=1S/C24H26F3N7O2/c1-24(2,35)13-33-9-6-17(16(25)12-33)30-23-31-21(36-22(26)27)20-15(5-10-34(20)32-23)14-3-4-18-19(11-14)29-8-7-28-18/h3-5,7-8,10-11,16-17,22,35H,6,9,12-13H2,1-2H3,(H,30,32)/t16-,17+/m1/s1. The van der Waals surface area contributed by atoms with E-state index in [2.05, 4.69) is 25.4 Å². The number of aliphatic hydroxyl groups is 1. The largest absolute Gasteiger partial charge is 0.414 e. The highest BCUT2D eigenvalue weighted by Crippen LogP contribution is 2.33. The van der Waals surface area contributed by atoms with E-state index in [1.165, 1.54) is 4.52 Å². The van der Waals surface area contributed by atoms with E-state index in [1.54, 1.807) is 56.7 Å². The molecule has 2 N–H and O–H groups in total. The van der Waals surface area contributed by atoms with Gasteiger partial charge in [0.1, 0.15) is 11.7 Å². The summed E-state index contributed by atoms with van der Waals surface area (Å²) in [7, 11) is 0. The van der Waals surface area contributed by atoms with Gasteiger partial charge in [0.15, 0.2) is 0 Å². The number of ether oxygens (including phenoxy) is 1. The Labute approximate surface area is 204 Å². The van der Waals surface area contributed by atoms with E-state index in [0.29, 0.717) is 41.7 Å². The molecule has 1 fully saturated rings. The van der Waals surface area contributed by atoms with Crippen molar-refractivity contribution in [3.63, 3.8) is 0 Å². The van der Waals surface area contributed by atoms with Crippen molar-refractivity contribution in [2.24, 2.45) is 0 Å². The molecule has 1 aliphatic heterocycles. The first kappa shape index (κ1) is 24.2. The number of nitrogens with one attached hydrogen (secondary N) is 1. The number of likely N-dealkylation sites (tertiary alicyclic amines) is 1. The van der Waals surface area contributed by atoms with Crippen molar-refractivity contribution >= 4 is 22.5 Å². The lowest BCUT2D eigenvalue weighted by molar-refractivity contribution is -0.0520. The molecule has 9 nitrogen and oxygen atoms in total. The van der Waals surface area contributed by atoms with Crippen LogP contribution in [0.4, 0.5) is 19.1 Å². The van der Waals surface area contributed by atoms with Gasteiger partial charge in [-0.25, -0.2) is 8.91 Å². The second-order valence-corrected chi connectivity index (χ2v) is 9.50. The van der Waals surface area contributed by atoms with E-state index in [9.17, 15) is 18.3 Å². The topological polar surface area (TPSA) is 101 Å². The van der Waals surface area contributed by atoms with Crippen molar-refractivity contribution < 1.29 is 23.0 Å². The Morgan fingerprint density at radius 2 is 1.97 bits per heavy atom. The average Bonchev–Trinajstić information content (AvgIpc) is 3.23. The number of hydrogen-bond acceptors (Lipinski definition) is 8. The Balaban J connectivity index is 1.44. The minimum absolute atomic E-state index is 0.0201. The Bertz CT molecular complexity index is 1380. The molecule has 0 unspecified atom stereocenters. The van der Waals surface area contributed by atoms with Crippen LogP contribution in [0, 0.1) is 0 Å². The molecule has 190 valence electrons. The molecule has 4 aromatic rings. The van der Waals surface area contributed by atoms with Gasteiger partial charge in [0.05, 0.1) is 22.7 Å². The van der Waals surface area contributed by atoms with Crippen LogP contribution in [0.5, 0.6) is 5.88 Å². The van der Waals surface area contributed by atoms with Gasteiger partial charge in [-0.05, 0) is 44.0 Å². The van der Waals surface area contributed by atoms with Crippen molar-refractivity contribution in [2.45, 2.75) is 44.7 Å². The fourth-order valence-electron chi connectivity index (χ4n) is 4.57. The van der Waals surface area contributed by atoms with Crippen LogP contribution >= 0.6 is 0 Å². The number of rotatable bonds is 7. The number of nitrogens with zero attached hydrogens (tertiary/aromatic N) is 6. The zero-order valence-electron chi connectivity index (χ0n) is 19.8. The maximum absolute atomic E-state index is 14.9. The number of hydrogen-bond donors (Lipinski definition) is 2. The summed E-state index contributed by atoms with van der Waals surface area (Å²) in [6, 6.07) is 6.49. The minimum atomic E-state index is -3.11. The van der Waals surface area contributed by atoms with Crippen LogP contribution < -0.4 is 10.1 Å². The highest BCUT2D eigenvalue weighted by Gasteiger charge is 2.32. The Kier molecular flexibility index (Phi) is 6.39. The van der Waals surface area contributed by atoms with Gasteiger partial charge in [-0.15, -0.1) is 5.10 Å². The maximum atomic E-state index is 14.9. The molecule has 0 radical (unpaired) electrons. The fourth-order valence-corrected chi connectivity index (χ4v) is 4.57. The van der Waals surface area contributed by atoms with Gasteiger partial charge in [-0.1, -0.05) is 6.07 Å². The molecule has 0 amide bonds. The van der Waals surface area contributed by atoms with Gasteiger partial charge in [0, 0.05) is 43.8 Å². The second kappa shape index (κ2) is 9.51. The average molecular weight is 502 g/mol. The summed E-state index contributed by atoms with van der Waals surface area (Å²) in [4.78, 5) is 14.6. The molecule has 0 spiro atoms. The second-order valence-electron chi connectivity index (χ2n) is 9.50. The van der Waals surface area contributed by atoms with Gasteiger partial charge in [0.2, 0.25) is 11.8 Å². The normalized spacial score (nSPS) is 19.3. The Morgan fingerprint density at radius 1 is 1.19 bits per heavy atom. The van der Waals surface area contributed by atoms with Gasteiger partial charge in [0.25, 0.3) is 0 Å². The lowest BCUT2D eigenvalue weighted by Crippen LogP contribution is -2.51. The molecule has 4 heterocycles. The molecule has 2 atom stereocenters. The van der Waals surface area contributed by atoms with Crippen LogP contribution in [0.2, 0.25) is 0 Å². The quantitative estimate of drug-likeness (QED) is 0.397. The molecule has 1 saturated heterocycles. The van der Waals surface area contributed by atoms with E-state index in [0.717, 1.165) is 0 Å². The number of fused-ring (bicyclic) bond motifs is 2. The van der Waals surface area contributed by atoms with Crippen LogP contribution in [0.3, 0.4) is 0 Å². The van der Waals surface area contributed by atoms with Gasteiger partial charge in [-0.3, -0.25) is 14.9 Å². The predicted molar refractivity (Wildman–Crippen MR) is 128 cm³/mol. The summed E-state index contributed by atoms with van der Waals surface area (Å²) in [6.45, 7) is 1.28. The van der Waals surface area contributed by atoms with Crippen molar-refractivity contribution in [1.29, 1.82) is 0 Å². The first-order valence-corrected chi connectivity index (χ1v) is 11.6. The van der Waals surface area contributed by atoms with Crippen LogP contribution in [0.1, 0.15) is 20.3 Å². The van der Waals surface area contributed by atoms with E-state index in [4.69, 9.17) is 4.74 Å². The lowest BCUT2D eigenvalue weighted by atomic mass is 10.0. The minimum Gasteiger partial charge on any atom is -0.414 e. The van der Waals surface area contributed by atoms with Crippen molar-refractivity contribution in [2.75, 3.05) is 25.0 Å². The highest BCUT2D eigenvalue weighted by atomic mass is 19.3. The summed E-state index contributed by atoms with van der Waals surface area (Å²) in [5.74, 6) is -0.343. The number of halogens is 3. The number of anilines is 1. The summed E-state index contributed by atoms with van der Waals surface area (Å²) in [5.41, 5.74) is 1.95. The van der Waals surface area contributed by atoms with Crippen molar-refractivity contribution in [3.05, 3.63) is 42.9 Å². The van der Waals surface area contributed by atoms with Crippen molar-refractivity contribution in [1.82, 2.24) is 29.5 Å². The van der Waals surface area contributed by atoms with Crippen LogP contribution in [-0.2, 0) is 0 Å². The summed E-state index contributed by atoms with van der Waals surface area (Å²) in [6.07, 6.45) is 3.93. The summed E-state index contributed by atoms with van der Waals surface area (Å²) in [5, 5.41) is 17.3. The monoisotopic (exact) mass is 501 g/mol. The number of alkyl halides is 3. The van der Waals surface area contributed by atoms with Gasteiger partial charge < -0.3 is 15.2 Å². The van der Waals surface area contributed by atoms with E-state index >= 15 is 0 Å². The Morgan fingerprint density at radius 3 is 2.69 bits per heavy atom. The molecule has 1 aliphatic rings. The third kappa shape index (κ3) is 5.19. The van der Waals surface area contributed by atoms with Crippen LogP contribution in [0.25, 0.3) is 27.7 Å². The summed E-state index contributed by atoms with van der Waals surface area (Å²) < 4.78 is 47.7. The predicted octanol–water partition coefficient (Wildman–Crippen LogP) is 3.54. The van der Waals surface area contributed by atoms with E-state index in [1.807, 2.05) is 4.90 Å². The molecule has 3 aromatic heterocycles. The van der Waals surface area contributed by atoms with Gasteiger partial charge >= 0.3 is 6.61 Å². The zero-order valence-corrected chi connectivity index (χ0v) is 19.8. The van der Waals surface area contributed by atoms with E-state index in [-0.39, 0.29) is 23.9 Å². The number of aromatic nitrogens is 5. The van der Waals surface area contributed by atoms with Crippen molar-refractivity contribution in [3.8, 4) is 17.0 Å². The van der Waals surface area contributed by atoms with Crippen LogP contribution in [0.15, 0.2) is 42.9 Å². The zero-order chi connectivity index (χ0) is 25.4. The molecule has 0 aliphatic carbocycles. The first-order chi connectivity index (χ1) is 17.2. The third-order valence-corrected chi connectivity index (χ3v) is 6.01. The molecule has 0 bridgehead atoms. The highest BCUT2D eigenvalue weighted by molar-refractivity contribution is 5.89. The molecule has 1 aromatic carbocycles. The van der Waals surface area contributed by atoms with Gasteiger partial charge in [-0.2, -0.15) is 13.8 Å². The molecular weight excluding hydrogens is 475 g/mol. The molecular formula is C24H26F3N7O2. The molecule has 5 rings (SSSR count). The number of piperidine rings is 1. The maximum Gasteiger partial charge on any atom is 0.388 e. The number of β-amino-alcohol motifs (C(OH)–C–C–N with tert-alkyl or cyclic N) is 1. The molecule has 12 heteroatoms. The van der Waals surface area contributed by atoms with Crippen LogP contribution in [-0.4, -0.2) is 78.6 Å². The third-order valence-electron chi connectivity index (χ3n) is 6.01. The lowest BCUT2D eigenvalue weighted by Gasteiger charge is -2.37. The molecule has 0 saturated carbocycles. The first-order valence-electron chi connectivity index (χ1n) is 11.6. The SMILES string of the molecule is CC(C)(O)CN1CC[C@H](Nc2nc(OC(F)F)c3c(-c4ccc5nccnc5c4)ccn3n2)[C@H](F)C1. The fraction of sp³-hybridized carbons (Fsp3) is 0.417. The summed E-state index contributed by atoms with van der Waals surface area (Å²) >= 11 is 0. The number of benzene rings is 1.